The van der Waals surface area contributed by atoms with Crippen LogP contribution in [0.25, 0.3) is 0 Å². The summed E-state index contributed by atoms with van der Waals surface area (Å²) in [5, 5.41) is 16.6. The van der Waals surface area contributed by atoms with Crippen molar-refractivity contribution in [2.45, 2.75) is 37.9 Å². The normalized spacial score (nSPS) is 12.7. The number of carbonyl (C=O) groups excluding carboxylic acids is 1. The SMILES string of the molecule is CC(C)(C)c1ccc(C(=O)C[C@H](SCC(=O)O)C(=O)O)cc1. The third kappa shape index (κ3) is 5.52. The Morgan fingerprint density at radius 2 is 1.64 bits per heavy atom. The van der Waals surface area contributed by atoms with Gasteiger partial charge in [-0.2, -0.15) is 0 Å². The molecule has 2 N–H and O–H groups in total. The number of hydrogen-bond donors (Lipinski definition) is 2. The third-order valence-electron chi connectivity index (χ3n) is 3.13. The van der Waals surface area contributed by atoms with E-state index in [2.05, 4.69) is 20.8 Å². The summed E-state index contributed by atoms with van der Waals surface area (Å²) < 4.78 is 0. The van der Waals surface area contributed by atoms with Crippen molar-refractivity contribution in [3.63, 3.8) is 0 Å². The maximum atomic E-state index is 12.1. The number of rotatable bonds is 7. The summed E-state index contributed by atoms with van der Waals surface area (Å²) in [6.07, 6.45) is -0.220. The molecule has 5 nitrogen and oxygen atoms in total. The average Bonchev–Trinajstić information content (AvgIpc) is 2.41. The summed E-state index contributed by atoms with van der Waals surface area (Å²) in [6.45, 7) is 6.19. The van der Waals surface area contributed by atoms with Gasteiger partial charge in [0.1, 0.15) is 5.25 Å². The van der Waals surface area contributed by atoms with E-state index in [0.29, 0.717) is 5.56 Å². The zero-order valence-corrected chi connectivity index (χ0v) is 13.6. The molecule has 0 radical (unpaired) electrons. The van der Waals surface area contributed by atoms with Crippen LogP contribution in [0.4, 0.5) is 0 Å². The molecule has 0 aliphatic carbocycles. The van der Waals surface area contributed by atoms with E-state index >= 15 is 0 Å². The van der Waals surface area contributed by atoms with Crippen LogP contribution >= 0.6 is 11.8 Å². The zero-order valence-electron chi connectivity index (χ0n) is 12.8. The number of carboxylic acids is 2. The number of thioether (sulfide) groups is 1. The molecule has 0 amide bonds. The van der Waals surface area contributed by atoms with Crippen molar-refractivity contribution in [2.75, 3.05) is 5.75 Å². The topological polar surface area (TPSA) is 91.7 Å². The molecular weight excluding hydrogens is 304 g/mol. The molecule has 0 spiro atoms. The molecule has 0 saturated heterocycles. The van der Waals surface area contributed by atoms with Crippen LogP contribution in [-0.4, -0.2) is 38.9 Å². The van der Waals surface area contributed by atoms with Gasteiger partial charge in [0, 0.05) is 12.0 Å². The van der Waals surface area contributed by atoms with Gasteiger partial charge in [0.15, 0.2) is 5.78 Å². The number of aliphatic carboxylic acids is 2. The lowest BCUT2D eigenvalue weighted by Gasteiger charge is -2.19. The lowest BCUT2D eigenvalue weighted by atomic mass is 9.86. The van der Waals surface area contributed by atoms with Crippen molar-refractivity contribution in [3.05, 3.63) is 35.4 Å². The first-order chi connectivity index (χ1) is 10.1. The second-order valence-corrected chi connectivity index (χ2v) is 7.18. The van der Waals surface area contributed by atoms with E-state index in [9.17, 15) is 14.4 Å². The van der Waals surface area contributed by atoms with Crippen LogP contribution in [0.3, 0.4) is 0 Å². The molecular formula is C16H20O5S. The molecule has 1 aromatic carbocycles. The second-order valence-electron chi connectivity index (χ2n) is 5.99. The lowest BCUT2D eigenvalue weighted by Crippen LogP contribution is -2.22. The number of carboxylic acid groups (broad SMARTS) is 2. The predicted molar refractivity (Wildman–Crippen MR) is 85.6 cm³/mol. The quantitative estimate of drug-likeness (QED) is 0.749. The van der Waals surface area contributed by atoms with E-state index < -0.39 is 17.2 Å². The summed E-state index contributed by atoms with van der Waals surface area (Å²) in [6, 6.07) is 7.08. The number of benzene rings is 1. The molecule has 0 bridgehead atoms. The number of Topliss-reactive ketones (excluding diaryl/α,β-unsaturated/α-hetero) is 1. The van der Waals surface area contributed by atoms with Crippen molar-refractivity contribution in [1.82, 2.24) is 0 Å². The Morgan fingerprint density at radius 1 is 1.09 bits per heavy atom. The van der Waals surface area contributed by atoms with Gasteiger partial charge in [-0.05, 0) is 11.0 Å². The van der Waals surface area contributed by atoms with Crippen molar-refractivity contribution in [1.29, 1.82) is 0 Å². The molecule has 0 saturated carbocycles. The van der Waals surface area contributed by atoms with Gasteiger partial charge < -0.3 is 10.2 Å². The Labute approximate surface area is 133 Å². The highest BCUT2D eigenvalue weighted by Crippen LogP contribution is 2.23. The third-order valence-corrected chi connectivity index (χ3v) is 4.31. The first-order valence-corrected chi connectivity index (χ1v) is 7.86. The summed E-state index contributed by atoms with van der Waals surface area (Å²) in [5.41, 5.74) is 1.50. The Hall–Kier alpha value is -1.82. The molecule has 6 heteroatoms. The molecule has 0 aliphatic heterocycles. The standard InChI is InChI=1S/C16H20O5S/c1-16(2,3)11-6-4-10(5-7-11)12(17)8-13(15(20)21)22-9-14(18)19/h4-7,13H,8-9H2,1-3H3,(H,18,19)(H,20,21)/t13-/m0/s1. The van der Waals surface area contributed by atoms with Gasteiger partial charge in [-0.25, -0.2) is 0 Å². The highest BCUT2D eigenvalue weighted by molar-refractivity contribution is 8.01. The summed E-state index contributed by atoms with van der Waals surface area (Å²) in [5.74, 6) is -2.91. The van der Waals surface area contributed by atoms with Gasteiger partial charge in [-0.15, -0.1) is 11.8 Å². The molecule has 0 unspecified atom stereocenters. The number of hydrogen-bond acceptors (Lipinski definition) is 4. The summed E-state index contributed by atoms with van der Waals surface area (Å²) in [7, 11) is 0. The smallest absolute Gasteiger partial charge is 0.317 e. The highest BCUT2D eigenvalue weighted by Gasteiger charge is 2.24. The summed E-state index contributed by atoms with van der Waals surface area (Å²) in [4.78, 5) is 33.8. The number of carbonyl (C=O) groups is 3. The minimum Gasteiger partial charge on any atom is -0.481 e. The van der Waals surface area contributed by atoms with Crippen LogP contribution in [0.1, 0.15) is 43.1 Å². The van der Waals surface area contributed by atoms with E-state index in [1.165, 1.54) is 0 Å². The second kappa shape index (κ2) is 7.45. The molecule has 22 heavy (non-hydrogen) atoms. The van der Waals surface area contributed by atoms with Gasteiger partial charge in [0.2, 0.25) is 0 Å². The lowest BCUT2D eigenvalue weighted by molar-refractivity contribution is -0.136. The zero-order chi connectivity index (χ0) is 16.9. The van der Waals surface area contributed by atoms with Gasteiger partial charge >= 0.3 is 11.9 Å². The average molecular weight is 324 g/mol. The maximum Gasteiger partial charge on any atom is 0.317 e. The van der Waals surface area contributed by atoms with E-state index in [-0.39, 0.29) is 23.4 Å². The van der Waals surface area contributed by atoms with Crippen molar-refractivity contribution >= 4 is 29.5 Å². The number of ketones is 1. The summed E-state index contributed by atoms with van der Waals surface area (Å²) >= 11 is 0.748. The van der Waals surface area contributed by atoms with Crippen LogP contribution in [0.5, 0.6) is 0 Å². The van der Waals surface area contributed by atoms with Gasteiger partial charge in [-0.3, -0.25) is 14.4 Å². The van der Waals surface area contributed by atoms with Crippen LogP contribution in [-0.2, 0) is 15.0 Å². The largest absolute Gasteiger partial charge is 0.481 e. The van der Waals surface area contributed by atoms with Crippen molar-refractivity contribution in [3.8, 4) is 0 Å². The van der Waals surface area contributed by atoms with Gasteiger partial charge in [0.25, 0.3) is 0 Å². The highest BCUT2D eigenvalue weighted by atomic mass is 32.2. The van der Waals surface area contributed by atoms with Crippen LogP contribution in [0.2, 0.25) is 0 Å². The van der Waals surface area contributed by atoms with E-state index in [4.69, 9.17) is 10.2 Å². The monoisotopic (exact) mass is 324 g/mol. The van der Waals surface area contributed by atoms with Gasteiger partial charge in [0.05, 0.1) is 5.75 Å². The fourth-order valence-electron chi connectivity index (χ4n) is 1.83. The van der Waals surface area contributed by atoms with Crippen LogP contribution < -0.4 is 0 Å². The molecule has 0 aliphatic rings. The van der Waals surface area contributed by atoms with Crippen molar-refractivity contribution in [2.24, 2.45) is 0 Å². The Morgan fingerprint density at radius 3 is 2.05 bits per heavy atom. The fraction of sp³-hybridized carbons (Fsp3) is 0.438. The maximum absolute atomic E-state index is 12.1. The minimum absolute atomic E-state index is 0.0253. The fourth-order valence-corrected chi connectivity index (χ4v) is 2.59. The first kappa shape index (κ1) is 18.2. The van der Waals surface area contributed by atoms with E-state index in [1.54, 1.807) is 12.1 Å². The van der Waals surface area contributed by atoms with Gasteiger partial charge in [-0.1, -0.05) is 45.0 Å². The Bertz CT molecular complexity index is 557. The molecule has 120 valence electrons. The Balaban J connectivity index is 2.77. The first-order valence-electron chi connectivity index (χ1n) is 6.81. The van der Waals surface area contributed by atoms with Crippen molar-refractivity contribution < 1.29 is 24.6 Å². The van der Waals surface area contributed by atoms with E-state index in [0.717, 1.165) is 17.3 Å². The van der Waals surface area contributed by atoms with Crippen LogP contribution in [0, 0.1) is 0 Å². The molecule has 0 aromatic heterocycles. The minimum atomic E-state index is -1.18. The Kier molecular flexibility index (Phi) is 6.17. The van der Waals surface area contributed by atoms with Crippen LogP contribution in [0.15, 0.2) is 24.3 Å². The molecule has 1 rings (SSSR count). The molecule has 0 fully saturated rings. The molecule has 0 heterocycles. The predicted octanol–water partition coefficient (Wildman–Crippen LogP) is 2.83. The molecule has 1 atom stereocenters. The van der Waals surface area contributed by atoms with E-state index in [1.807, 2.05) is 12.1 Å². The molecule has 1 aromatic rings.